The lowest BCUT2D eigenvalue weighted by Crippen LogP contribution is -2.41. The summed E-state index contributed by atoms with van der Waals surface area (Å²) in [5.74, 6) is 0.716. The molecule has 0 unspecified atom stereocenters. The first-order valence-electron chi connectivity index (χ1n) is 7.76. The first-order valence-corrected chi connectivity index (χ1v) is 7.76. The second-order valence-electron chi connectivity index (χ2n) is 6.51. The summed E-state index contributed by atoms with van der Waals surface area (Å²) in [5.41, 5.74) is 0.534. The molecule has 0 aliphatic carbocycles. The SMILES string of the molecule is CCN(CC)c1ncc(B2OC(C)(C)C(C)(C)O2)cc1C#N. The van der Waals surface area contributed by atoms with E-state index in [1.54, 1.807) is 6.20 Å². The van der Waals surface area contributed by atoms with Crippen LogP contribution in [0.2, 0.25) is 0 Å². The molecule has 118 valence electrons. The molecule has 1 aromatic rings. The Morgan fingerprint density at radius 1 is 1.18 bits per heavy atom. The number of hydrogen-bond donors (Lipinski definition) is 0. The molecule has 22 heavy (non-hydrogen) atoms. The Balaban J connectivity index is 2.34. The van der Waals surface area contributed by atoms with Gasteiger partial charge in [0.15, 0.2) is 0 Å². The smallest absolute Gasteiger partial charge is 0.399 e. The van der Waals surface area contributed by atoms with Gasteiger partial charge < -0.3 is 14.2 Å². The molecule has 1 aliphatic heterocycles. The van der Waals surface area contributed by atoms with E-state index in [1.807, 2.05) is 33.8 Å². The van der Waals surface area contributed by atoms with Crippen LogP contribution >= 0.6 is 0 Å². The van der Waals surface area contributed by atoms with Gasteiger partial charge in [-0.15, -0.1) is 0 Å². The van der Waals surface area contributed by atoms with E-state index in [-0.39, 0.29) is 0 Å². The molecule has 0 bridgehead atoms. The van der Waals surface area contributed by atoms with E-state index in [4.69, 9.17) is 9.31 Å². The number of nitriles is 1. The summed E-state index contributed by atoms with van der Waals surface area (Å²) in [5, 5.41) is 9.43. The molecular weight excluding hydrogens is 277 g/mol. The van der Waals surface area contributed by atoms with Crippen molar-refractivity contribution < 1.29 is 9.31 Å². The predicted molar refractivity (Wildman–Crippen MR) is 88.2 cm³/mol. The first-order chi connectivity index (χ1) is 10.3. The van der Waals surface area contributed by atoms with E-state index >= 15 is 0 Å². The van der Waals surface area contributed by atoms with Crippen molar-refractivity contribution in [3.05, 3.63) is 17.8 Å². The highest BCUT2D eigenvalue weighted by molar-refractivity contribution is 6.62. The van der Waals surface area contributed by atoms with Gasteiger partial charge in [-0.1, -0.05) is 0 Å². The maximum Gasteiger partial charge on any atom is 0.496 e. The molecule has 1 fully saturated rings. The molecule has 5 nitrogen and oxygen atoms in total. The van der Waals surface area contributed by atoms with Crippen molar-refractivity contribution in [3.63, 3.8) is 0 Å². The predicted octanol–water partition coefficient (Wildman–Crippen LogP) is 2.10. The lowest BCUT2D eigenvalue weighted by Gasteiger charge is -2.32. The second-order valence-corrected chi connectivity index (χ2v) is 6.51. The summed E-state index contributed by atoms with van der Waals surface area (Å²) in [7, 11) is -0.490. The highest BCUT2D eigenvalue weighted by Gasteiger charge is 2.51. The minimum Gasteiger partial charge on any atom is -0.399 e. The van der Waals surface area contributed by atoms with Gasteiger partial charge in [-0.25, -0.2) is 4.98 Å². The van der Waals surface area contributed by atoms with Crippen LogP contribution in [-0.2, 0) is 9.31 Å². The van der Waals surface area contributed by atoms with Crippen LogP contribution in [-0.4, -0.2) is 36.4 Å². The molecule has 0 radical (unpaired) electrons. The molecule has 2 heterocycles. The van der Waals surface area contributed by atoms with Gasteiger partial charge in [-0.2, -0.15) is 5.26 Å². The van der Waals surface area contributed by atoms with Crippen molar-refractivity contribution in [2.45, 2.75) is 52.7 Å². The molecule has 2 rings (SSSR count). The molecular formula is C16H24BN3O2. The van der Waals surface area contributed by atoms with Gasteiger partial charge in [0.25, 0.3) is 0 Å². The number of hydrogen-bond acceptors (Lipinski definition) is 5. The maximum atomic E-state index is 9.43. The van der Waals surface area contributed by atoms with Crippen LogP contribution in [0.4, 0.5) is 5.82 Å². The van der Waals surface area contributed by atoms with Gasteiger partial charge in [0.2, 0.25) is 0 Å². The molecule has 1 aliphatic rings. The minimum atomic E-state index is -0.490. The second kappa shape index (κ2) is 5.90. The van der Waals surface area contributed by atoms with Gasteiger partial charge in [0, 0.05) is 24.7 Å². The van der Waals surface area contributed by atoms with E-state index in [2.05, 4.69) is 29.8 Å². The van der Waals surface area contributed by atoms with Gasteiger partial charge in [0.05, 0.1) is 16.8 Å². The molecule has 1 aromatic heterocycles. The van der Waals surface area contributed by atoms with E-state index in [9.17, 15) is 5.26 Å². The Kier molecular flexibility index (Phi) is 4.50. The number of aromatic nitrogens is 1. The normalized spacial score (nSPS) is 19.0. The summed E-state index contributed by atoms with van der Waals surface area (Å²) in [6.45, 7) is 13.8. The molecule has 0 N–H and O–H groups in total. The largest absolute Gasteiger partial charge is 0.496 e. The third kappa shape index (κ3) is 2.83. The van der Waals surface area contributed by atoms with Gasteiger partial charge in [-0.3, -0.25) is 0 Å². The average molecular weight is 301 g/mol. The molecule has 1 saturated heterocycles. The Labute approximate surface area is 133 Å². The lowest BCUT2D eigenvalue weighted by molar-refractivity contribution is 0.00578. The van der Waals surface area contributed by atoms with Gasteiger partial charge in [-0.05, 0) is 47.6 Å². The molecule has 6 heteroatoms. The quantitative estimate of drug-likeness (QED) is 0.797. The van der Waals surface area contributed by atoms with Crippen LogP contribution in [0.1, 0.15) is 47.1 Å². The fourth-order valence-electron chi connectivity index (χ4n) is 2.44. The van der Waals surface area contributed by atoms with Crippen molar-refractivity contribution in [3.8, 4) is 6.07 Å². The zero-order chi connectivity index (χ0) is 16.5. The minimum absolute atomic E-state index is 0.401. The first kappa shape index (κ1) is 16.8. The fourth-order valence-corrected chi connectivity index (χ4v) is 2.44. The van der Waals surface area contributed by atoms with Crippen molar-refractivity contribution in [1.29, 1.82) is 5.26 Å². The number of pyridine rings is 1. The molecule has 0 spiro atoms. The molecule has 0 saturated carbocycles. The Hall–Kier alpha value is -1.58. The van der Waals surface area contributed by atoms with Crippen LogP contribution < -0.4 is 10.4 Å². The Morgan fingerprint density at radius 3 is 2.18 bits per heavy atom. The summed E-state index contributed by atoms with van der Waals surface area (Å²) < 4.78 is 12.0. The van der Waals surface area contributed by atoms with Crippen molar-refractivity contribution in [1.82, 2.24) is 4.98 Å². The zero-order valence-electron chi connectivity index (χ0n) is 14.3. The van der Waals surface area contributed by atoms with Crippen LogP contribution in [0.15, 0.2) is 12.3 Å². The summed E-state index contributed by atoms with van der Waals surface area (Å²) in [6.07, 6.45) is 1.75. The molecule has 0 amide bonds. The van der Waals surface area contributed by atoms with Gasteiger partial charge >= 0.3 is 7.12 Å². The van der Waals surface area contributed by atoms with Crippen LogP contribution in [0.3, 0.4) is 0 Å². The topological polar surface area (TPSA) is 58.4 Å². The highest BCUT2D eigenvalue weighted by Crippen LogP contribution is 2.36. The number of nitrogens with zero attached hydrogens (tertiary/aromatic N) is 3. The lowest BCUT2D eigenvalue weighted by atomic mass is 9.79. The van der Waals surface area contributed by atoms with Crippen molar-refractivity contribution in [2.24, 2.45) is 0 Å². The zero-order valence-corrected chi connectivity index (χ0v) is 14.3. The number of rotatable bonds is 4. The average Bonchev–Trinajstić information content (AvgIpc) is 2.69. The summed E-state index contributed by atoms with van der Waals surface area (Å²) >= 11 is 0. The van der Waals surface area contributed by atoms with Crippen molar-refractivity contribution in [2.75, 3.05) is 18.0 Å². The molecule has 0 aromatic carbocycles. The summed E-state index contributed by atoms with van der Waals surface area (Å²) in [6, 6.07) is 4.06. The van der Waals surface area contributed by atoms with E-state index < -0.39 is 18.3 Å². The van der Waals surface area contributed by atoms with Gasteiger partial charge in [0.1, 0.15) is 11.9 Å². The monoisotopic (exact) mass is 301 g/mol. The fraction of sp³-hybridized carbons (Fsp3) is 0.625. The number of anilines is 1. The van der Waals surface area contributed by atoms with E-state index in [1.165, 1.54) is 0 Å². The van der Waals surface area contributed by atoms with Crippen molar-refractivity contribution >= 4 is 18.4 Å². The Morgan fingerprint density at radius 2 is 1.73 bits per heavy atom. The highest BCUT2D eigenvalue weighted by atomic mass is 16.7. The van der Waals surface area contributed by atoms with Crippen LogP contribution in [0.25, 0.3) is 0 Å². The Bertz CT molecular complexity index is 576. The summed E-state index contributed by atoms with van der Waals surface area (Å²) in [4.78, 5) is 6.54. The maximum absolute atomic E-state index is 9.43. The molecule has 0 atom stereocenters. The van der Waals surface area contributed by atoms with Crippen LogP contribution in [0.5, 0.6) is 0 Å². The third-order valence-corrected chi connectivity index (χ3v) is 4.60. The standard InChI is InChI=1S/C16H24BN3O2/c1-7-20(8-2)14-12(10-18)9-13(11-19-14)17-21-15(3,4)16(5,6)22-17/h9,11H,7-8H2,1-6H3. The van der Waals surface area contributed by atoms with E-state index in [0.717, 1.165) is 18.6 Å². The van der Waals surface area contributed by atoms with Crippen LogP contribution in [0, 0.1) is 11.3 Å². The third-order valence-electron chi connectivity index (χ3n) is 4.60. The van der Waals surface area contributed by atoms with E-state index in [0.29, 0.717) is 11.4 Å².